The van der Waals surface area contributed by atoms with Gasteiger partial charge in [-0.25, -0.2) is 0 Å². The summed E-state index contributed by atoms with van der Waals surface area (Å²) in [5, 5.41) is 13.5. The molecule has 3 heteroatoms. The van der Waals surface area contributed by atoms with E-state index in [1.54, 1.807) is 0 Å². The monoisotopic (exact) mass is 262 g/mol. The number of aliphatic hydroxyl groups excluding tert-OH is 1. The Balaban J connectivity index is 1.67. The van der Waals surface area contributed by atoms with E-state index in [1.165, 1.54) is 19.5 Å². The molecule has 2 atom stereocenters. The van der Waals surface area contributed by atoms with Crippen LogP contribution in [0.4, 0.5) is 0 Å². The summed E-state index contributed by atoms with van der Waals surface area (Å²) < 4.78 is 0. The highest BCUT2D eigenvalue weighted by Gasteiger charge is 2.23. The third kappa shape index (κ3) is 4.30. The predicted molar refractivity (Wildman–Crippen MR) is 79.1 cm³/mol. The number of hydrogen-bond donors (Lipinski definition) is 2. The van der Waals surface area contributed by atoms with Crippen LogP contribution in [0.25, 0.3) is 0 Å². The molecule has 0 amide bonds. The zero-order chi connectivity index (χ0) is 13.7. The molecule has 0 aromatic heterocycles. The standard InChI is InChI=1S/C16H26N2O/c1-13(2)18-9-8-14(12-18)10-17-11-16(19)15-6-4-3-5-7-15/h3-7,13-14,16-17,19H,8-12H2,1-2H3. The predicted octanol–water partition coefficient (Wildman–Crippen LogP) is 2.04. The van der Waals surface area contributed by atoms with Crippen LogP contribution >= 0.6 is 0 Å². The summed E-state index contributed by atoms with van der Waals surface area (Å²) in [4.78, 5) is 2.53. The van der Waals surface area contributed by atoms with Crippen LogP contribution in [0.3, 0.4) is 0 Å². The Kier molecular flexibility index (Phi) is 5.37. The van der Waals surface area contributed by atoms with Crippen molar-refractivity contribution in [3.8, 4) is 0 Å². The van der Waals surface area contributed by atoms with Crippen molar-refractivity contribution in [2.45, 2.75) is 32.4 Å². The molecule has 0 radical (unpaired) electrons. The molecule has 0 spiro atoms. The van der Waals surface area contributed by atoms with E-state index in [4.69, 9.17) is 0 Å². The second-order valence-corrected chi connectivity index (χ2v) is 5.83. The van der Waals surface area contributed by atoms with E-state index in [-0.39, 0.29) is 0 Å². The summed E-state index contributed by atoms with van der Waals surface area (Å²) in [5.74, 6) is 0.727. The molecule has 1 heterocycles. The van der Waals surface area contributed by atoms with Crippen LogP contribution in [-0.4, -0.2) is 42.2 Å². The van der Waals surface area contributed by atoms with Gasteiger partial charge in [0.15, 0.2) is 0 Å². The molecule has 0 bridgehead atoms. The average molecular weight is 262 g/mol. The lowest BCUT2D eigenvalue weighted by molar-refractivity contribution is 0.172. The molecule has 2 N–H and O–H groups in total. The molecule has 1 aliphatic rings. The Bertz CT molecular complexity index is 366. The molecule has 1 saturated heterocycles. The van der Waals surface area contributed by atoms with Gasteiger partial charge in [0.05, 0.1) is 6.10 Å². The highest BCUT2D eigenvalue weighted by atomic mass is 16.3. The van der Waals surface area contributed by atoms with Gasteiger partial charge in [0.25, 0.3) is 0 Å². The average Bonchev–Trinajstić information content (AvgIpc) is 2.89. The Labute approximate surface area is 116 Å². The van der Waals surface area contributed by atoms with E-state index in [0.29, 0.717) is 12.6 Å². The normalized spacial score (nSPS) is 22.0. The highest BCUT2D eigenvalue weighted by molar-refractivity contribution is 5.17. The minimum Gasteiger partial charge on any atom is -0.387 e. The third-order valence-corrected chi connectivity index (χ3v) is 4.00. The van der Waals surface area contributed by atoms with Gasteiger partial charge in [-0.15, -0.1) is 0 Å². The van der Waals surface area contributed by atoms with Gasteiger partial charge < -0.3 is 15.3 Å². The van der Waals surface area contributed by atoms with Crippen molar-refractivity contribution in [3.63, 3.8) is 0 Å². The molecule has 19 heavy (non-hydrogen) atoms. The van der Waals surface area contributed by atoms with Crippen molar-refractivity contribution in [2.75, 3.05) is 26.2 Å². The Morgan fingerprint density at radius 2 is 2.05 bits per heavy atom. The first-order chi connectivity index (χ1) is 9.16. The van der Waals surface area contributed by atoms with E-state index in [9.17, 15) is 5.11 Å². The second kappa shape index (κ2) is 7.04. The van der Waals surface area contributed by atoms with Crippen LogP contribution < -0.4 is 5.32 Å². The molecular formula is C16H26N2O. The van der Waals surface area contributed by atoms with Gasteiger partial charge in [0.2, 0.25) is 0 Å². The zero-order valence-corrected chi connectivity index (χ0v) is 12.0. The summed E-state index contributed by atoms with van der Waals surface area (Å²) in [6.45, 7) is 8.57. The summed E-state index contributed by atoms with van der Waals surface area (Å²) in [5.41, 5.74) is 0.991. The van der Waals surface area contributed by atoms with E-state index in [0.717, 1.165) is 18.0 Å². The molecule has 1 aliphatic heterocycles. The first-order valence-electron chi connectivity index (χ1n) is 7.34. The number of benzene rings is 1. The third-order valence-electron chi connectivity index (χ3n) is 4.00. The molecule has 2 rings (SSSR count). The zero-order valence-electron chi connectivity index (χ0n) is 12.0. The van der Waals surface area contributed by atoms with E-state index in [1.807, 2.05) is 30.3 Å². The summed E-state index contributed by atoms with van der Waals surface area (Å²) in [7, 11) is 0. The number of hydrogen-bond acceptors (Lipinski definition) is 3. The largest absolute Gasteiger partial charge is 0.387 e. The van der Waals surface area contributed by atoms with Gasteiger partial charge in [-0.1, -0.05) is 30.3 Å². The topological polar surface area (TPSA) is 35.5 Å². The molecule has 1 aromatic carbocycles. The molecule has 3 nitrogen and oxygen atoms in total. The minimum absolute atomic E-state index is 0.399. The van der Waals surface area contributed by atoms with Crippen molar-refractivity contribution in [2.24, 2.45) is 5.92 Å². The smallest absolute Gasteiger partial charge is 0.0914 e. The molecular weight excluding hydrogens is 236 g/mol. The molecule has 1 fully saturated rings. The van der Waals surface area contributed by atoms with Gasteiger partial charge in [-0.3, -0.25) is 0 Å². The van der Waals surface area contributed by atoms with Crippen LogP contribution in [0, 0.1) is 5.92 Å². The summed E-state index contributed by atoms with van der Waals surface area (Å²) in [6.07, 6.45) is 0.871. The fourth-order valence-corrected chi connectivity index (χ4v) is 2.72. The summed E-state index contributed by atoms with van der Waals surface area (Å²) in [6, 6.07) is 10.5. The van der Waals surface area contributed by atoms with Gasteiger partial charge >= 0.3 is 0 Å². The Hall–Kier alpha value is -0.900. The lowest BCUT2D eigenvalue weighted by Gasteiger charge is -2.20. The second-order valence-electron chi connectivity index (χ2n) is 5.83. The lowest BCUT2D eigenvalue weighted by atomic mass is 10.1. The number of nitrogens with one attached hydrogen (secondary N) is 1. The number of rotatable bonds is 6. The van der Waals surface area contributed by atoms with Crippen molar-refractivity contribution in [1.29, 1.82) is 0 Å². The fraction of sp³-hybridized carbons (Fsp3) is 0.625. The highest BCUT2D eigenvalue weighted by Crippen LogP contribution is 2.18. The van der Waals surface area contributed by atoms with Gasteiger partial charge in [-0.05, 0) is 44.8 Å². The molecule has 106 valence electrons. The molecule has 2 unspecified atom stereocenters. The van der Waals surface area contributed by atoms with Gasteiger partial charge in [-0.2, -0.15) is 0 Å². The van der Waals surface area contributed by atoms with Crippen LogP contribution in [0.1, 0.15) is 31.9 Å². The van der Waals surface area contributed by atoms with E-state index < -0.39 is 6.10 Å². The SMILES string of the molecule is CC(C)N1CCC(CNCC(O)c2ccccc2)C1. The van der Waals surface area contributed by atoms with E-state index in [2.05, 4.69) is 24.1 Å². The van der Waals surface area contributed by atoms with Gasteiger partial charge in [0, 0.05) is 19.1 Å². The number of aliphatic hydroxyl groups is 1. The maximum atomic E-state index is 10.1. The van der Waals surface area contributed by atoms with Crippen molar-refractivity contribution >= 4 is 0 Å². The maximum Gasteiger partial charge on any atom is 0.0914 e. The first kappa shape index (κ1) is 14.5. The van der Waals surface area contributed by atoms with Gasteiger partial charge in [0.1, 0.15) is 0 Å². The molecule has 0 aliphatic carbocycles. The number of likely N-dealkylation sites (tertiary alicyclic amines) is 1. The first-order valence-corrected chi connectivity index (χ1v) is 7.34. The number of nitrogens with zero attached hydrogens (tertiary/aromatic N) is 1. The van der Waals surface area contributed by atoms with Crippen molar-refractivity contribution < 1.29 is 5.11 Å². The van der Waals surface area contributed by atoms with Crippen LogP contribution in [0.5, 0.6) is 0 Å². The lowest BCUT2D eigenvalue weighted by Crippen LogP contribution is -2.32. The van der Waals surface area contributed by atoms with Crippen molar-refractivity contribution in [3.05, 3.63) is 35.9 Å². The van der Waals surface area contributed by atoms with Crippen LogP contribution in [0.2, 0.25) is 0 Å². The quantitative estimate of drug-likeness (QED) is 0.823. The van der Waals surface area contributed by atoms with Crippen LogP contribution in [0.15, 0.2) is 30.3 Å². The Morgan fingerprint density at radius 3 is 2.68 bits per heavy atom. The molecule has 0 saturated carbocycles. The van der Waals surface area contributed by atoms with Crippen LogP contribution in [-0.2, 0) is 0 Å². The fourth-order valence-electron chi connectivity index (χ4n) is 2.72. The minimum atomic E-state index is -0.399. The van der Waals surface area contributed by atoms with E-state index >= 15 is 0 Å². The van der Waals surface area contributed by atoms with Crippen molar-refractivity contribution in [1.82, 2.24) is 10.2 Å². The summed E-state index contributed by atoms with van der Waals surface area (Å²) >= 11 is 0. The molecule has 1 aromatic rings. The maximum absolute atomic E-state index is 10.1. The Morgan fingerprint density at radius 1 is 1.32 bits per heavy atom.